The molecule has 0 radical (unpaired) electrons. The van der Waals surface area contributed by atoms with Gasteiger partial charge in [0.15, 0.2) is 6.61 Å². The minimum atomic E-state index is -0.720. The predicted molar refractivity (Wildman–Crippen MR) is 44.8 cm³/mol. The summed E-state index contributed by atoms with van der Waals surface area (Å²) in [7, 11) is 0. The van der Waals surface area contributed by atoms with Crippen molar-refractivity contribution < 1.29 is 14.3 Å². The van der Waals surface area contributed by atoms with Gasteiger partial charge in [0, 0.05) is 11.1 Å². The highest BCUT2D eigenvalue weighted by molar-refractivity contribution is 7.07. The van der Waals surface area contributed by atoms with Gasteiger partial charge in [-0.2, -0.15) is 0 Å². The smallest absolute Gasteiger partial charge is 0.428 e. The van der Waals surface area contributed by atoms with Crippen LogP contribution in [-0.2, 0) is 9.47 Å². The van der Waals surface area contributed by atoms with Crippen LogP contribution in [0.5, 0.6) is 0 Å². The number of nitrogens with zero attached hydrogens (tertiary/aromatic N) is 1. The molecule has 1 aromatic heterocycles. The Morgan fingerprint density at radius 3 is 2.85 bits per heavy atom. The van der Waals surface area contributed by atoms with Crippen LogP contribution in [0.25, 0.3) is 0 Å². The van der Waals surface area contributed by atoms with Crippen molar-refractivity contribution in [3.8, 4) is 0 Å². The molecule has 2 heterocycles. The summed E-state index contributed by atoms with van der Waals surface area (Å²) in [4.78, 5) is 21.7. The average Bonchev–Trinajstić information content (AvgIpc) is 2.60. The number of hydrogen-bond donors (Lipinski definition) is 0. The third kappa shape index (κ3) is 1.33. The molecule has 0 aromatic carbocycles. The number of thiazole rings is 1. The number of cyclic esters (lactones) is 2. The zero-order valence-electron chi connectivity index (χ0n) is 6.85. The lowest BCUT2D eigenvalue weighted by atomic mass is 10.5. The number of aryl methyl sites for hydroxylation is 1. The highest BCUT2D eigenvalue weighted by Crippen LogP contribution is 2.18. The van der Waals surface area contributed by atoms with Crippen LogP contribution in [0.4, 0.5) is 4.79 Å². The first-order chi connectivity index (χ1) is 6.18. The number of carbonyl (C=O) groups is 1. The van der Waals surface area contributed by atoms with E-state index in [-0.39, 0.29) is 11.5 Å². The van der Waals surface area contributed by atoms with Crippen LogP contribution in [0.1, 0.15) is 11.9 Å². The summed E-state index contributed by atoms with van der Waals surface area (Å²) in [6.07, 6.45) is -1.31. The van der Waals surface area contributed by atoms with Gasteiger partial charge in [-0.25, -0.2) is 4.79 Å². The van der Waals surface area contributed by atoms with Gasteiger partial charge < -0.3 is 9.47 Å². The van der Waals surface area contributed by atoms with Crippen molar-refractivity contribution in [2.75, 3.05) is 6.61 Å². The van der Waals surface area contributed by atoms with Crippen LogP contribution in [-0.4, -0.2) is 17.3 Å². The Balaban J connectivity index is 2.35. The van der Waals surface area contributed by atoms with E-state index in [1.165, 1.54) is 4.57 Å². The van der Waals surface area contributed by atoms with Crippen LogP contribution in [0, 0.1) is 6.92 Å². The van der Waals surface area contributed by atoms with Gasteiger partial charge in [0.1, 0.15) is 0 Å². The molecule has 1 saturated heterocycles. The fourth-order valence-corrected chi connectivity index (χ4v) is 1.94. The molecule has 5 nitrogen and oxygen atoms in total. The molecule has 0 amide bonds. The summed E-state index contributed by atoms with van der Waals surface area (Å²) in [5.41, 5.74) is 0.776. The zero-order chi connectivity index (χ0) is 9.42. The van der Waals surface area contributed by atoms with Crippen molar-refractivity contribution in [1.29, 1.82) is 0 Å². The van der Waals surface area contributed by atoms with E-state index >= 15 is 0 Å². The van der Waals surface area contributed by atoms with Gasteiger partial charge >= 0.3 is 11.0 Å². The first-order valence-corrected chi connectivity index (χ1v) is 4.56. The van der Waals surface area contributed by atoms with Crippen molar-refractivity contribution in [2.45, 2.75) is 13.2 Å². The molecule has 1 atom stereocenters. The summed E-state index contributed by atoms with van der Waals surface area (Å²) >= 11 is 1.08. The van der Waals surface area contributed by atoms with E-state index in [1.54, 1.807) is 12.3 Å². The van der Waals surface area contributed by atoms with Crippen LogP contribution in [0.15, 0.2) is 10.2 Å². The lowest BCUT2D eigenvalue weighted by Gasteiger charge is -2.08. The van der Waals surface area contributed by atoms with E-state index in [2.05, 4.69) is 4.74 Å². The second-order valence-electron chi connectivity index (χ2n) is 2.65. The van der Waals surface area contributed by atoms with E-state index in [9.17, 15) is 9.59 Å². The monoisotopic (exact) mass is 201 g/mol. The van der Waals surface area contributed by atoms with Crippen molar-refractivity contribution in [2.24, 2.45) is 0 Å². The van der Waals surface area contributed by atoms with Gasteiger partial charge in [-0.1, -0.05) is 11.3 Å². The van der Waals surface area contributed by atoms with Gasteiger partial charge in [0.2, 0.25) is 6.23 Å². The third-order valence-electron chi connectivity index (χ3n) is 1.77. The highest BCUT2D eigenvalue weighted by Gasteiger charge is 2.28. The predicted octanol–water partition coefficient (Wildman–Crippen LogP) is 0.884. The quantitative estimate of drug-likeness (QED) is 0.633. The third-order valence-corrected chi connectivity index (χ3v) is 2.63. The Kier molecular flexibility index (Phi) is 1.84. The maximum absolute atomic E-state index is 11.3. The number of carbonyl (C=O) groups excluding carboxylic acids is 1. The first kappa shape index (κ1) is 8.31. The van der Waals surface area contributed by atoms with E-state index in [0.717, 1.165) is 17.0 Å². The molecule has 0 aliphatic carbocycles. The molecule has 0 spiro atoms. The molecule has 13 heavy (non-hydrogen) atoms. The number of hydrogen-bond acceptors (Lipinski definition) is 5. The molecule has 0 N–H and O–H groups in total. The second-order valence-corrected chi connectivity index (χ2v) is 3.47. The minimum absolute atomic E-state index is 0.107. The van der Waals surface area contributed by atoms with Gasteiger partial charge in [-0.05, 0) is 6.92 Å². The zero-order valence-corrected chi connectivity index (χ0v) is 7.67. The van der Waals surface area contributed by atoms with Crippen molar-refractivity contribution >= 4 is 17.5 Å². The summed E-state index contributed by atoms with van der Waals surface area (Å²) in [5.74, 6) is 0. The van der Waals surface area contributed by atoms with Crippen LogP contribution in [0.3, 0.4) is 0 Å². The Bertz CT molecular complexity index is 393. The standard InChI is InChI=1S/C7H7NO4S/c1-4-3-13-6(9)8(4)5-2-11-7(10)12-5/h3,5H,2H2,1H3. The maximum Gasteiger partial charge on any atom is 0.510 e. The van der Waals surface area contributed by atoms with E-state index in [4.69, 9.17) is 4.74 Å². The second kappa shape index (κ2) is 2.88. The molecule has 1 aromatic rings. The topological polar surface area (TPSA) is 57.5 Å². The van der Waals surface area contributed by atoms with E-state index in [0.29, 0.717) is 0 Å². The van der Waals surface area contributed by atoms with E-state index in [1.807, 2.05) is 0 Å². The lowest BCUT2D eigenvalue weighted by molar-refractivity contribution is 0.0939. The molecule has 1 fully saturated rings. The molecule has 1 aliphatic heterocycles. The molecule has 1 aliphatic rings. The van der Waals surface area contributed by atoms with Gasteiger partial charge in [-0.15, -0.1) is 0 Å². The van der Waals surface area contributed by atoms with Gasteiger partial charge in [0.05, 0.1) is 0 Å². The van der Waals surface area contributed by atoms with Gasteiger partial charge in [0.25, 0.3) is 0 Å². The summed E-state index contributed by atoms with van der Waals surface area (Å²) in [5, 5.41) is 1.72. The molecule has 6 heteroatoms. The fourth-order valence-electron chi connectivity index (χ4n) is 1.18. The lowest BCUT2D eigenvalue weighted by Crippen LogP contribution is -2.22. The van der Waals surface area contributed by atoms with Crippen LogP contribution in [0.2, 0.25) is 0 Å². The number of ether oxygens (including phenoxy) is 2. The number of aromatic nitrogens is 1. The Morgan fingerprint density at radius 2 is 2.38 bits per heavy atom. The molecular weight excluding hydrogens is 194 g/mol. The Morgan fingerprint density at radius 1 is 1.62 bits per heavy atom. The molecule has 1 unspecified atom stereocenters. The van der Waals surface area contributed by atoms with Crippen molar-refractivity contribution in [3.63, 3.8) is 0 Å². The SMILES string of the molecule is Cc1csc(=O)n1C1COC(=O)O1. The molecule has 0 saturated carbocycles. The van der Waals surface area contributed by atoms with Gasteiger partial charge in [-0.3, -0.25) is 9.36 Å². The van der Waals surface area contributed by atoms with Crippen LogP contribution < -0.4 is 4.87 Å². The maximum atomic E-state index is 11.3. The average molecular weight is 201 g/mol. The Labute approximate surface area is 77.5 Å². The number of rotatable bonds is 1. The minimum Gasteiger partial charge on any atom is -0.428 e. The van der Waals surface area contributed by atoms with E-state index < -0.39 is 12.4 Å². The molecule has 2 rings (SSSR count). The van der Waals surface area contributed by atoms with Crippen LogP contribution >= 0.6 is 11.3 Å². The highest BCUT2D eigenvalue weighted by atomic mass is 32.1. The normalized spacial score (nSPS) is 21.3. The summed E-state index contributed by atoms with van der Waals surface area (Å²) in [6.45, 7) is 1.89. The molecular formula is C7H7NO4S. The first-order valence-electron chi connectivity index (χ1n) is 3.68. The van der Waals surface area contributed by atoms with Crippen molar-refractivity contribution in [3.05, 3.63) is 20.7 Å². The largest absolute Gasteiger partial charge is 0.510 e. The fraction of sp³-hybridized carbons (Fsp3) is 0.429. The summed E-state index contributed by atoms with van der Waals surface area (Å²) in [6, 6.07) is 0. The molecule has 70 valence electrons. The van der Waals surface area contributed by atoms with Crippen molar-refractivity contribution in [1.82, 2.24) is 4.57 Å². The summed E-state index contributed by atoms with van der Waals surface area (Å²) < 4.78 is 10.8. The Hall–Kier alpha value is -1.30. The molecule has 0 bridgehead atoms.